The van der Waals surface area contributed by atoms with Crippen molar-refractivity contribution in [1.82, 2.24) is 14.7 Å². The lowest BCUT2D eigenvalue weighted by Crippen LogP contribution is -2.25. The smallest absolute Gasteiger partial charge is 0.381 e. The van der Waals surface area contributed by atoms with E-state index in [0.717, 1.165) is 6.20 Å². The summed E-state index contributed by atoms with van der Waals surface area (Å²) in [5, 5.41) is 6.08. The number of benzene rings is 1. The molecule has 0 atom stereocenters. The fourth-order valence-electron chi connectivity index (χ4n) is 2.21. The quantitative estimate of drug-likeness (QED) is 0.734. The summed E-state index contributed by atoms with van der Waals surface area (Å²) in [6, 6.07) is 0.769. The Hall–Kier alpha value is -2.27. The Kier molecular flexibility index (Phi) is 6.29. The summed E-state index contributed by atoms with van der Waals surface area (Å²) < 4.78 is 78.3. The zero-order valence-corrected chi connectivity index (χ0v) is 15.4. The van der Waals surface area contributed by atoms with E-state index >= 15 is 0 Å². The first-order chi connectivity index (χ1) is 12.8. The van der Waals surface area contributed by atoms with Gasteiger partial charge >= 0.3 is 12.4 Å². The van der Waals surface area contributed by atoms with Crippen LogP contribution in [0.25, 0.3) is 5.69 Å². The molecule has 2 rings (SSSR count). The first-order valence-electron chi connectivity index (χ1n) is 7.77. The number of hydrogen-bond donors (Lipinski definition) is 1. The van der Waals surface area contributed by atoms with Gasteiger partial charge in [-0.15, -0.1) is 0 Å². The van der Waals surface area contributed by atoms with Gasteiger partial charge in [0.05, 0.1) is 28.7 Å². The second kappa shape index (κ2) is 8.00. The summed E-state index contributed by atoms with van der Waals surface area (Å²) in [5.41, 5.74) is -4.75. The lowest BCUT2D eigenvalue weighted by molar-refractivity contribution is -0.143. The fourth-order valence-corrected chi connectivity index (χ4v) is 2.41. The molecule has 0 bridgehead atoms. The Morgan fingerprint density at radius 1 is 1.07 bits per heavy atom. The van der Waals surface area contributed by atoms with Crippen LogP contribution in [0.5, 0.6) is 0 Å². The maximum absolute atomic E-state index is 13.0. The van der Waals surface area contributed by atoms with Crippen molar-refractivity contribution in [3.05, 3.63) is 50.9 Å². The second-order valence-corrected chi connectivity index (χ2v) is 6.46. The van der Waals surface area contributed by atoms with Gasteiger partial charge in [-0.2, -0.15) is 36.1 Å². The predicted octanol–water partition coefficient (Wildman–Crippen LogP) is 3.90. The van der Waals surface area contributed by atoms with Crippen molar-refractivity contribution in [3.63, 3.8) is 0 Å². The molecule has 28 heavy (non-hydrogen) atoms. The standard InChI is InChI=1S/C16H15ClF6N4O/c1-26(2)4-3-24-12-8-25-27(14(28)13(12)17)11-6-9(15(18,19)20)5-10(7-11)16(21,22)23/h5-8,24H,3-4H2,1-2H3. The number of nitrogens with zero attached hydrogens (tertiary/aromatic N) is 3. The summed E-state index contributed by atoms with van der Waals surface area (Å²) in [4.78, 5) is 14.2. The topological polar surface area (TPSA) is 50.2 Å². The molecule has 2 aromatic rings. The number of likely N-dealkylation sites (N-methyl/N-ethyl adjacent to an activating group) is 1. The minimum Gasteiger partial charge on any atom is -0.381 e. The molecule has 1 aromatic carbocycles. The lowest BCUT2D eigenvalue weighted by Gasteiger charge is -2.16. The number of nitrogens with one attached hydrogen (secondary N) is 1. The number of aromatic nitrogens is 2. The number of anilines is 1. The van der Waals surface area contributed by atoms with Crippen LogP contribution in [0.15, 0.2) is 29.2 Å². The van der Waals surface area contributed by atoms with Gasteiger partial charge in [-0.05, 0) is 32.3 Å². The van der Waals surface area contributed by atoms with Gasteiger partial charge in [0.15, 0.2) is 0 Å². The molecule has 0 unspecified atom stereocenters. The average molecular weight is 429 g/mol. The fraction of sp³-hybridized carbons (Fsp3) is 0.375. The van der Waals surface area contributed by atoms with Gasteiger partial charge in [0.2, 0.25) is 0 Å². The van der Waals surface area contributed by atoms with Crippen LogP contribution in [0.1, 0.15) is 11.1 Å². The molecule has 0 aliphatic rings. The van der Waals surface area contributed by atoms with E-state index < -0.39 is 39.7 Å². The van der Waals surface area contributed by atoms with Crippen molar-refractivity contribution in [2.45, 2.75) is 12.4 Å². The Bertz CT molecular complexity index is 875. The highest BCUT2D eigenvalue weighted by Crippen LogP contribution is 2.36. The zero-order chi connectivity index (χ0) is 21.3. The third kappa shape index (κ3) is 5.16. The van der Waals surface area contributed by atoms with Crippen molar-refractivity contribution >= 4 is 17.3 Å². The van der Waals surface area contributed by atoms with Gasteiger partial charge in [0.1, 0.15) is 5.02 Å². The van der Waals surface area contributed by atoms with E-state index in [9.17, 15) is 31.1 Å². The van der Waals surface area contributed by atoms with E-state index in [4.69, 9.17) is 11.6 Å². The third-order valence-electron chi connectivity index (χ3n) is 3.61. The second-order valence-electron chi connectivity index (χ2n) is 6.08. The minimum atomic E-state index is -5.04. The van der Waals surface area contributed by atoms with Gasteiger partial charge in [0.25, 0.3) is 5.56 Å². The molecule has 5 nitrogen and oxygen atoms in total. The van der Waals surface area contributed by atoms with Gasteiger partial charge in [-0.1, -0.05) is 11.6 Å². The largest absolute Gasteiger partial charge is 0.416 e. The van der Waals surface area contributed by atoms with Crippen LogP contribution in [-0.4, -0.2) is 41.9 Å². The average Bonchev–Trinajstić information content (AvgIpc) is 2.56. The summed E-state index contributed by atoms with van der Waals surface area (Å²) in [5.74, 6) is 0. The van der Waals surface area contributed by atoms with Crippen LogP contribution in [0.4, 0.5) is 32.0 Å². The van der Waals surface area contributed by atoms with E-state index in [2.05, 4.69) is 10.4 Å². The Labute approximate surface area is 160 Å². The van der Waals surface area contributed by atoms with Gasteiger partial charge in [-0.3, -0.25) is 4.79 Å². The van der Waals surface area contributed by atoms with Crippen LogP contribution in [0.3, 0.4) is 0 Å². The summed E-state index contributed by atoms with van der Waals surface area (Å²) in [6.45, 7) is 0.974. The van der Waals surface area contributed by atoms with E-state index in [0.29, 0.717) is 29.9 Å². The third-order valence-corrected chi connectivity index (χ3v) is 3.98. The monoisotopic (exact) mass is 428 g/mol. The molecule has 1 heterocycles. The molecule has 0 aliphatic carbocycles. The maximum Gasteiger partial charge on any atom is 0.416 e. The van der Waals surface area contributed by atoms with Crippen molar-refractivity contribution in [2.24, 2.45) is 0 Å². The minimum absolute atomic E-state index is 0.0344. The van der Waals surface area contributed by atoms with Crippen LogP contribution in [-0.2, 0) is 12.4 Å². The molecule has 0 aliphatic heterocycles. The van der Waals surface area contributed by atoms with Gasteiger partial charge in [0, 0.05) is 13.1 Å². The van der Waals surface area contributed by atoms with Crippen LogP contribution in [0.2, 0.25) is 5.02 Å². The van der Waals surface area contributed by atoms with E-state index in [1.807, 2.05) is 19.0 Å². The normalized spacial score (nSPS) is 12.5. The summed E-state index contributed by atoms with van der Waals surface area (Å²) in [7, 11) is 3.62. The van der Waals surface area contributed by atoms with E-state index in [1.165, 1.54) is 0 Å². The van der Waals surface area contributed by atoms with E-state index in [1.54, 1.807) is 0 Å². The summed E-state index contributed by atoms with van der Waals surface area (Å²) >= 11 is 5.93. The lowest BCUT2D eigenvalue weighted by atomic mass is 10.1. The number of rotatable bonds is 5. The highest BCUT2D eigenvalue weighted by atomic mass is 35.5. The number of hydrogen-bond acceptors (Lipinski definition) is 4. The molecule has 1 N–H and O–H groups in total. The Balaban J connectivity index is 2.52. The molecule has 0 amide bonds. The highest BCUT2D eigenvalue weighted by molar-refractivity contribution is 6.32. The predicted molar refractivity (Wildman–Crippen MR) is 91.9 cm³/mol. The van der Waals surface area contributed by atoms with Crippen molar-refractivity contribution < 1.29 is 26.3 Å². The molecule has 154 valence electrons. The van der Waals surface area contributed by atoms with Crippen molar-refractivity contribution in [2.75, 3.05) is 32.5 Å². The van der Waals surface area contributed by atoms with Gasteiger partial charge in [-0.25, -0.2) is 0 Å². The van der Waals surface area contributed by atoms with Crippen LogP contribution in [0, 0.1) is 0 Å². The number of halogens is 7. The van der Waals surface area contributed by atoms with Crippen molar-refractivity contribution in [1.29, 1.82) is 0 Å². The summed E-state index contributed by atoms with van der Waals surface area (Å²) in [6.07, 6.45) is -9.03. The van der Waals surface area contributed by atoms with Gasteiger partial charge < -0.3 is 10.2 Å². The molecule has 0 spiro atoms. The molecule has 0 saturated carbocycles. The van der Waals surface area contributed by atoms with Crippen LogP contribution < -0.4 is 10.9 Å². The zero-order valence-electron chi connectivity index (χ0n) is 14.6. The molecular weight excluding hydrogens is 414 g/mol. The molecule has 12 heteroatoms. The first-order valence-corrected chi connectivity index (χ1v) is 8.15. The SMILES string of the molecule is CN(C)CCNc1cnn(-c2cc(C(F)(F)F)cc(C(F)(F)F)c2)c(=O)c1Cl. The molecular formula is C16H15ClF6N4O. The van der Waals surface area contributed by atoms with Crippen molar-refractivity contribution in [3.8, 4) is 5.69 Å². The highest BCUT2D eigenvalue weighted by Gasteiger charge is 2.37. The number of alkyl halides is 6. The first kappa shape index (κ1) is 22.0. The van der Waals surface area contributed by atoms with E-state index in [-0.39, 0.29) is 11.8 Å². The molecule has 0 fully saturated rings. The molecule has 0 radical (unpaired) electrons. The Morgan fingerprint density at radius 3 is 2.07 bits per heavy atom. The Morgan fingerprint density at radius 2 is 1.61 bits per heavy atom. The maximum atomic E-state index is 13.0. The molecule has 1 aromatic heterocycles. The molecule has 0 saturated heterocycles. The van der Waals surface area contributed by atoms with Crippen LogP contribution >= 0.6 is 11.6 Å².